The van der Waals surface area contributed by atoms with Crippen molar-refractivity contribution >= 4 is 0 Å². The molecule has 0 atom stereocenters. The molecule has 0 saturated carbocycles. The van der Waals surface area contributed by atoms with Gasteiger partial charge in [-0.05, 0) is 60.9 Å². The first kappa shape index (κ1) is 20.2. The number of pyridine rings is 1. The zero-order valence-corrected chi connectivity index (χ0v) is 16.9. The molecule has 1 heterocycles. The number of hydrogen-bond acceptors (Lipinski definition) is 5. The number of rotatable bonds is 8. The summed E-state index contributed by atoms with van der Waals surface area (Å²) in [6.45, 7) is 2.14. The van der Waals surface area contributed by atoms with Gasteiger partial charge < -0.3 is 14.2 Å². The Hall–Kier alpha value is -3.52. The molecule has 3 aromatic rings. The van der Waals surface area contributed by atoms with Crippen molar-refractivity contribution in [2.24, 2.45) is 0 Å². The lowest BCUT2D eigenvalue weighted by Gasteiger charge is -2.14. The minimum Gasteiger partial charge on any atom is -0.497 e. The zero-order chi connectivity index (χ0) is 20.6. The van der Waals surface area contributed by atoms with Crippen LogP contribution in [0.1, 0.15) is 31.0 Å². The monoisotopic (exact) mass is 388 g/mol. The maximum Gasteiger partial charge on any atom is 0.238 e. The molecule has 0 spiro atoms. The highest BCUT2D eigenvalue weighted by Gasteiger charge is 2.16. The van der Waals surface area contributed by atoms with E-state index in [0.717, 1.165) is 47.6 Å². The van der Waals surface area contributed by atoms with Gasteiger partial charge in [-0.3, -0.25) is 0 Å². The van der Waals surface area contributed by atoms with E-state index in [-0.39, 0.29) is 0 Å². The standard InChI is InChI=1S/C24H24N2O3/c1-4-5-6-18-15-22(17-7-9-19(27-2)10-8-17)23(16-25)24(26-18)29-21-13-11-20(28-3)12-14-21/h7-15H,4-6H2,1-3H3. The van der Waals surface area contributed by atoms with Crippen LogP contribution in [0.3, 0.4) is 0 Å². The SMILES string of the molecule is CCCCc1cc(-c2ccc(OC)cc2)c(C#N)c(Oc2ccc(OC)cc2)n1. The Morgan fingerprint density at radius 1 is 0.897 bits per heavy atom. The fraction of sp³-hybridized carbons (Fsp3) is 0.250. The molecule has 0 N–H and O–H groups in total. The predicted molar refractivity (Wildman–Crippen MR) is 113 cm³/mol. The average Bonchev–Trinajstić information content (AvgIpc) is 2.78. The van der Waals surface area contributed by atoms with E-state index in [1.54, 1.807) is 26.4 Å². The highest BCUT2D eigenvalue weighted by molar-refractivity contribution is 5.73. The zero-order valence-electron chi connectivity index (χ0n) is 16.9. The number of aryl methyl sites for hydroxylation is 1. The maximum absolute atomic E-state index is 9.87. The van der Waals surface area contributed by atoms with Crippen LogP contribution in [0, 0.1) is 11.3 Å². The topological polar surface area (TPSA) is 64.4 Å². The fourth-order valence-corrected chi connectivity index (χ4v) is 2.99. The lowest BCUT2D eigenvalue weighted by atomic mass is 9.99. The second-order valence-electron chi connectivity index (χ2n) is 6.56. The largest absolute Gasteiger partial charge is 0.497 e. The van der Waals surface area contributed by atoms with Gasteiger partial charge in [0.2, 0.25) is 5.88 Å². The Balaban J connectivity index is 2.05. The Kier molecular flexibility index (Phi) is 6.70. The van der Waals surface area contributed by atoms with E-state index in [9.17, 15) is 5.26 Å². The number of unbranched alkanes of at least 4 members (excludes halogenated alkanes) is 1. The molecule has 1 aromatic heterocycles. The van der Waals surface area contributed by atoms with E-state index >= 15 is 0 Å². The normalized spacial score (nSPS) is 10.3. The van der Waals surface area contributed by atoms with Crippen LogP contribution in [-0.2, 0) is 6.42 Å². The highest BCUT2D eigenvalue weighted by atomic mass is 16.5. The van der Waals surface area contributed by atoms with Gasteiger partial charge in [0.15, 0.2) is 0 Å². The number of aromatic nitrogens is 1. The van der Waals surface area contributed by atoms with Gasteiger partial charge in [0.25, 0.3) is 0 Å². The Labute approximate surface area is 171 Å². The third kappa shape index (κ3) is 4.85. The third-order valence-electron chi connectivity index (χ3n) is 4.61. The summed E-state index contributed by atoms with van der Waals surface area (Å²) in [5.74, 6) is 2.42. The molecule has 0 aliphatic rings. The minimum absolute atomic E-state index is 0.317. The maximum atomic E-state index is 9.87. The Bertz CT molecular complexity index is 990. The van der Waals surface area contributed by atoms with Crippen molar-refractivity contribution in [3.8, 4) is 40.3 Å². The van der Waals surface area contributed by atoms with Gasteiger partial charge in [0.1, 0.15) is 28.9 Å². The van der Waals surface area contributed by atoms with Crippen molar-refractivity contribution in [1.82, 2.24) is 4.98 Å². The molecule has 5 nitrogen and oxygen atoms in total. The summed E-state index contributed by atoms with van der Waals surface area (Å²) in [4.78, 5) is 4.64. The van der Waals surface area contributed by atoms with E-state index in [1.165, 1.54) is 0 Å². The number of nitrogens with zero attached hydrogens (tertiary/aromatic N) is 2. The second kappa shape index (κ2) is 9.61. The van der Waals surface area contributed by atoms with Gasteiger partial charge in [-0.15, -0.1) is 0 Å². The van der Waals surface area contributed by atoms with Crippen LogP contribution in [0.2, 0.25) is 0 Å². The molecule has 29 heavy (non-hydrogen) atoms. The van der Waals surface area contributed by atoms with Crippen LogP contribution in [0.4, 0.5) is 0 Å². The number of nitriles is 1. The van der Waals surface area contributed by atoms with Gasteiger partial charge in [0, 0.05) is 11.3 Å². The van der Waals surface area contributed by atoms with Gasteiger partial charge in [0.05, 0.1) is 14.2 Å². The molecule has 0 unspecified atom stereocenters. The molecule has 0 bridgehead atoms. The van der Waals surface area contributed by atoms with Crippen LogP contribution in [-0.4, -0.2) is 19.2 Å². The second-order valence-corrected chi connectivity index (χ2v) is 6.56. The first-order chi connectivity index (χ1) is 14.2. The van der Waals surface area contributed by atoms with Crippen molar-refractivity contribution in [3.63, 3.8) is 0 Å². The number of hydrogen-bond donors (Lipinski definition) is 0. The number of benzene rings is 2. The molecule has 148 valence electrons. The molecule has 2 aromatic carbocycles. The molecular weight excluding hydrogens is 364 g/mol. The molecule has 5 heteroatoms. The summed E-state index contributed by atoms with van der Waals surface area (Å²) in [7, 11) is 3.25. The van der Waals surface area contributed by atoms with E-state index in [1.807, 2.05) is 42.5 Å². The Morgan fingerprint density at radius 3 is 2.03 bits per heavy atom. The van der Waals surface area contributed by atoms with Crippen molar-refractivity contribution in [1.29, 1.82) is 5.26 Å². The number of methoxy groups -OCH3 is 2. The average molecular weight is 388 g/mol. The van der Waals surface area contributed by atoms with Crippen LogP contribution < -0.4 is 14.2 Å². The summed E-state index contributed by atoms with van der Waals surface area (Å²) >= 11 is 0. The van der Waals surface area contributed by atoms with Gasteiger partial charge >= 0.3 is 0 Å². The molecular formula is C24H24N2O3. The summed E-state index contributed by atoms with van der Waals surface area (Å²) in [6.07, 6.45) is 2.90. The smallest absolute Gasteiger partial charge is 0.238 e. The molecule has 0 radical (unpaired) electrons. The fourth-order valence-electron chi connectivity index (χ4n) is 2.99. The lowest BCUT2D eigenvalue weighted by Crippen LogP contribution is -2.00. The number of ether oxygens (including phenoxy) is 3. The van der Waals surface area contributed by atoms with Crippen LogP contribution in [0.5, 0.6) is 23.1 Å². The molecule has 0 aliphatic carbocycles. The summed E-state index contributed by atoms with van der Waals surface area (Å²) in [5, 5.41) is 9.87. The Morgan fingerprint density at radius 2 is 1.48 bits per heavy atom. The summed E-state index contributed by atoms with van der Waals surface area (Å²) in [5.41, 5.74) is 3.04. The highest BCUT2D eigenvalue weighted by Crippen LogP contribution is 2.34. The van der Waals surface area contributed by atoms with Crippen LogP contribution in [0.25, 0.3) is 11.1 Å². The molecule has 0 saturated heterocycles. The van der Waals surface area contributed by atoms with Gasteiger partial charge in [-0.2, -0.15) is 5.26 Å². The quantitative estimate of drug-likeness (QED) is 0.490. The summed E-state index contributed by atoms with van der Waals surface area (Å²) < 4.78 is 16.5. The molecule has 0 fully saturated rings. The van der Waals surface area contributed by atoms with Crippen molar-refractivity contribution in [2.45, 2.75) is 26.2 Å². The van der Waals surface area contributed by atoms with E-state index in [4.69, 9.17) is 14.2 Å². The van der Waals surface area contributed by atoms with Crippen molar-refractivity contribution < 1.29 is 14.2 Å². The van der Waals surface area contributed by atoms with Crippen LogP contribution in [0.15, 0.2) is 54.6 Å². The summed E-state index contributed by atoms with van der Waals surface area (Å²) in [6, 6.07) is 19.1. The van der Waals surface area contributed by atoms with Crippen LogP contribution >= 0.6 is 0 Å². The molecule has 0 aliphatic heterocycles. The van der Waals surface area contributed by atoms with Gasteiger partial charge in [-0.25, -0.2) is 4.98 Å². The predicted octanol–water partition coefficient (Wildman–Crippen LogP) is 5.77. The molecule has 0 amide bonds. The van der Waals surface area contributed by atoms with Crippen molar-refractivity contribution in [2.75, 3.05) is 14.2 Å². The first-order valence-corrected chi connectivity index (χ1v) is 9.58. The third-order valence-corrected chi connectivity index (χ3v) is 4.61. The van der Waals surface area contributed by atoms with Crippen molar-refractivity contribution in [3.05, 3.63) is 65.9 Å². The van der Waals surface area contributed by atoms with E-state index < -0.39 is 0 Å². The van der Waals surface area contributed by atoms with E-state index in [2.05, 4.69) is 18.0 Å². The van der Waals surface area contributed by atoms with E-state index in [0.29, 0.717) is 17.2 Å². The minimum atomic E-state index is 0.317. The lowest BCUT2D eigenvalue weighted by molar-refractivity contribution is 0.412. The molecule has 3 rings (SSSR count). The van der Waals surface area contributed by atoms with Gasteiger partial charge in [-0.1, -0.05) is 25.5 Å². The first-order valence-electron chi connectivity index (χ1n) is 9.58.